The highest BCUT2D eigenvalue weighted by Crippen LogP contribution is 2.35. The van der Waals surface area contributed by atoms with Gasteiger partial charge in [-0.3, -0.25) is 4.98 Å². The van der Waals surface area contributed by atoms with Crippen LogP contribution in [0.15, 0.2) is 42.7 Å². The van der Waals surface area contributed by atoms with Crippen LogP contribution < -0.4 is 4.74 Å². The molecule has 0 spiro atoms. The van der Waals surface area contributed by atoms with Gasteiger partial charge in [0.05, 0.1) is 12.1 Å². The molecule has 0 amide bonds. The van der Waals surface area contributed by atoms with Gasteiger partial charge in [0.1, 0.15) is 18.0 Å². The largest absolute Gasteiger partial charge is 0.491 e. The minimum Gasteiger partial charge on any atom is -0.491 e. The van der Waals surface area contributed by atoms with Gasteiger partial charge >= 0.3 is 0 Å². The summed E-state index contributed by atoms with van der Waals surface area (Å²) in [6.07, 6.45) is 4.38. The summed E-state index contributed by atoms with van der Waals surface area (Å²) in [5.41, 5.74) is 2.53. The molecule has 30 heavy (non-hydrogen) atoms. The van der Waals surface area contributed by atoms with Gasteiger partial charge in [-0.15, -0.1) is 0 Å². The zero-order valence-electron chi connectivity index (χ0n) is 18.2. The van der Waals surface area contributed by atoms with E-state index in [1.165, 1.54) is 11.3 Å². The van der Waals surface area contributed by atoms with Crippen LogP contribution in [0.2, 0.25) is 0 Å². The SMILES string of the molecule is CN1CCc2c(c3cc(OCC(C)(C)O)ccc3n2CC(C)(O)c2cccnc2)C1. The molecule has 0 saturated heterocycles. The smallest absolute Gasteiger partial charge is 0.120 e. The number of aliphatic hydroxyl groups is 2. The third-order valence-corrected chi connectivity index (χ3v) is 5.76. The van der Waals surface area contributed by atoms with E-state index in [0.29, 0.717) is 6.54 Å². The van der Waals surface area contributed by atoms with Gasteiger partial charge < -0.3 is 24.4 Å². The van der Waals surface area contributed by atoms with E-state index in [4.69, 9.17) is 4.74 Å². The Labute approximate surface area is 177 Å². The molecule has 4 rings (SSSR count). The van der Waals surface area contributed by atoms with Crippen LogP contribution in [0.3, 0.4) is 0 Å². The summed E-state index contributed by atoms with van der Waals surface area (Å²) in [7, 11) is 2.13. The molecule has 0 aliphatic carbocycles. The number of likely N-dealkylation sites (N-methyl/N-ethyl adjacent to an activating group) is 1. The Kier molecular flexibility index (Phi) is 5.34. The first kappa shape index (κ1) is 20.8. The molecule has 2 aromatic heterocycles. The molecule has 2 N–H and O–H groups in total. The highest BCUT2D eigenvalue weighted by Gasteiger charge is 2.29. The molecule has 1 unspecified atom stereocenters. The first-order valence-corrected chi connectivity index (χ1v) is 10.4. The fraction of sp³-hybridized carbons (Fsp3) is 0.458. The minimum atomic E-state index is -1.03. The van der Waals surface area contributed by atoms with Crippen molar-refractivity contribution >= 4 is 10.9 Å². The third-order valence-electron chi connectivity index (χ3n) is 5.76. The lowest BCUT2D eigenvalue weighted by Crippen LogP contribution is -2.31. The number of hydrogen-bond donors (Lipinski definition) is 2. The number of nitrogens with zero attached hydrogens (tertiary/aromatic N) is 3. The number of ether oxygens (including phenoxy) is 1. The second kappa shape index (κ2) is 7.69. The van der Waals surface area contributed by atoms with Crippen LogP contribution >= 0.6 is 0 Å². The number of benzene rings is 1. The zero-order valence-corrected chi connectivity index (χ0v) is 18.2. The van der Waals surface area contributed by atoms with Crippen molar-refractivity contribution in [2.24, 2.45) is 0 Å². The van der Waals surface area contributed by atoms with Crippen molar-refractivity contribution in [3.63, 3.8) is 0 Å². The zero-order chi connectivity index (χ0) is 21.5. The normalized spacial score (nSPS) is 17.0. The third kappa shape index (κ3) is 4.21. The molecule has 160 valence electrons. The summed E-state index contributed by atoms with van der Waals surface area (Å²) in [5.74, 6) is 0.747. The van der Waals surface area contributed by atoms with E-state index in [0.717, 1.165) is 41.7 Å². The fourth-order valence-corrected chi connectivity index (χ4v) is 4.17. The lowest BCUT2D eigenvalue weighted by atomic mass is 9.97. The second-order valence-corrected chi connectivity index (χ2v) is 9.29. The number of rotatable bonds is 6. The second-order valence-electron chi connectivity index (χ2n) is 9.29. The minimum absolute atomic E-state index is 0.233. The highest BCUT2D eigenvalue weighted by atomic mass is 16.5. The van der Waals surface area contributed by atoms with Gasteiger partial charge in [-0.05, 0) is 57.6 Å². The summed E-state index contributed by atoms with van der Waals surface area (Å²) < 4.78 is 8.10. The Morgan fingerprint density at radius 1 is 1.17 bits per heavy atom. The Morgan fingerprint density at radius 2 is 1.97 bits per heavy atom. The van der Waals surface area contributed by atoms with Crippen molar-refractivity contribution in [3.05, 3.63) is 59.5 Å². The number of fused-ring (bicyclic) bond motifs is 3. The molecule has 3 aromatic rings. The van der Waals surface area contributed by atoms with Gasteiger partial charge in [-0.1, -0.05) is 6.07 Å². The Bertz CT molecular complexity index is 1040. The van der Waals surface area contributed by atoms with Crippen LogP contribution in [0.25, 0.3) is 10.9 Å². The monoisotopic (exact) mass is 409 g/mol. The Hall–Kier alpha value is -2.41. The first-order valence-electron chi connectivity index (χ1n) is 10.4. The van der Waals surface area contributed by atoms with Crippen molar-refractivity contribution in [1.29, 1.82) is 0 Å². The van der Waals surface area contributed by atoms with Crippen molar-refractivity contribution in [3.8, 4) is 5.75 Å². The molecule has 1 atom stereocenters. The predicted octanol–water partition coefficient (Wildman–Crippen LogP) is 3.08. The summed E-state index contributed by atoms with van der Waals surface area (Å²) in [5, 5.41) is 22.4. The molecule has 0 fully saturated rings. The van der Waals surface area contributed by atoms with E-state index in [-0.39, 0.29) is 6.61 Å². The molecule has 1 aliphatic rings. The maximum atomic E-state index is 11.3. The Morgan fingerprint density at radius 3 is 2.67 bits per heavy atom. The molecule has 0 saturated carbocycles. The Balaban J connectivity index is 1.76. The summed E-state index contributed by atoms with van der Waals surface area (Å²) in [6.45, 7) is 7.86. The van der Waals surface area contributed by atoms with Gasteiger partial charge in [-0.25, -0.2) is 0 Å². The fourth-order valence-electron chi connectivity index (χ4n) is 4.17. The van der Waals surface area contributed by atoms with Crippen molar-refractivity contribution in [2.75, 3.05) is 20.2 Å². The molecule has 0 radical (unpaired) electrons. The van der Waals surface area contributed by atoms with Crippen molar-refractivity contribution in [2.45, 2.75) is 51.5 Å². The van der Waals surface area contributed by atoms with Gasteiger partial charge in [0.25, 0.3) is 0 Å². The van der Waals surface area contributed by atoms with Crippen molar-refractivity contribution in [1.82, 2.24) is 14.5 Å². The number of aromatic nitrogens is 2. The van der Waals surface area contributed by atoms with Crippen LogP contribution in [0, 0.1) is 0 Å². The summed E-state index contributed by atoms with van der Waals surface area (Å²) >= 11 is 0. The van der Waals surface area contributed by atoms with E-state index in [2.05, 4.69) is 33.6 Å². The molecule has 1 aromatic carbocycles. The average Bonchev–Trinajstić information content (AvgIpc) is 2.98. The number of pyridine rings is 1. The predicted molar refractivity (Wildman–Crippen MR) is 118 cm³/mol. The molecule has 1 aliphatic heterocycles. The van der Waals surface area contributed by atoms with E-state index >= 15 is 0 Å². The van der Waals surface area contributed by atoms with E-state index in [1.54, 1.807) is 26.2 Å². The average molecular weight is 410 g/mol. The number of hydrogen-bond acceptors (Lipinski definition) is 5. The van der Waals surface area contributed by atoms with Crippen LogP contribution in [0.4, 0.5) is 0 Å². The maximum Gasteiger partial charge on any atom is 0.120 e. The van der Waals surface area contributed by atoms with Gasteiger partial charge in [0, 0.05) is 54.1 Å². The maximum absolute atomic E-state index is 11.3. The molecular formula is C24H31N3O3. The molecule has 6 heteroatoms. The van der Waals surface area contributed by atoms with Gasteiger partial charge in [0.15, 0.2) is 0 Å². The van der Waals surface area contributed by atoms with Crippen LogP contribution in [-0.2, 0) is 25.1 Å². The summed E-state index contributed by atoms with van der Waals surface area (Å²) in [4.78, 5) is 6.49. The lowest BCUT2D eigenvalue weighted by molar-refractivity contribution is 0.0285. The lowest BCUT2D eigenvalue weighted by Gasteiger charge is -2.28. The summed E-state index contributed by atoms with van der Waals surface area (Å²) in [6, 6.07) is 9.84. The first-order chi connectivity index (χ1) is 14.1. The quantitative estimate of drug-likeness (QED) is 0.655. The van der Waals surface area contributed by atoms with Crippen LogP contribution in [0.5, 0.6) is 5.75 Å². The van der Waals surface area contributed by atoms with Crippen LogP contribution in [0.1, 0.15) is 37.6 Å². The van der Waals surface area contributed by atoms with E-state index in [9.17, 15) is 10.2 Å². The molecule has 0 bridgehead atoms. The van der Waals surface area contributed by atoms with E-state index < -0.39 is 11.2 Å². The topological polar surface area (TPSA) is 70.8 Å². The molecule has 6 nitrogen and oxygen atoms in total. The van der Waals surface area contributed by atoms with Gasteiger partial charge in [0.2, 0.25) is 0 Å². The van der Waals surface area contributed by atoms with E-state index in [1.807, 2.05) is 25.1 Å². The molecule has 3 heterocycles. The van der Waals surface area contributed by atoms with Gasteiger partial charge in [-0.2, -0.15) is 0 Å². The standard InChI is InChI=1S/C24H31N3O3/c1-23(2,28)16-30-18-7-8-21-19(12-18)20-14-26(4)11-9-22(20)27(21)15-24(3,29)17-6-5-10-25-13-17/h5-8,10,12-13,28-29H,9,11,14-16H2,1-4H3. The van der Waals surface area contributed by atoms with Crippen molar-refractivity contribution < 1.29 is 14.9 Å². The molecular weight excluding hydrogens is 378 g/mol. The highest BCUT2D eigenvalue weighted by molar-refractivity contribution is 5.87. The van der Waals surface area contributed by atoms with Crippen LogP contribution in [-0.4, -0.2) is 50.5 Å².